The van der Waals surface area contributed by atoms with Gasteiger partial charge in [0, 0.05) is 24.8 Å². The van der Waals surface area contributed by atoms with E-state index in [1.54, 1.807) is 6.07 Å². The van der Waals surface area contributed by atoms with Crippen molar-refractivity contribution in [2.75, 3.05) is 18.0 Å². The van der Waals surface area contributed by atoms with Gasteiger partial charge < -0.3 is 4.90 Å². The van der Waals surface area contributed by atoms with Gasteiger partial charge >= 0.3 is 0 Å². The van der Waals surface area contributed by atoms with E-state index in [0.717, 1.165) is 31.6 Å². The van der Waals surface area contributed by atoms with Crippen molar-refractivity contribution in [3.05, 3.63) is 29.6 Å². The van der Waals surface area contributed by atoms with Crippen molar-refractivity contribution in [2.24, 2.45) is 0 Å². The van der Waals surface area contributed by atoms with Crippen LogP contribution in [0.3, 0.4) is 0 Å². The minimum Gasteiger partial charge on any atom is -0.371 e. The molecule has 0 amide bonds. The molecule has 0 spiro atoms. The molecule has 0 fully saturated rings. The molecule has 19 heavy (non-hydrogen) atoms. The van der Waals surface area contributed by atoms with Gasteiger partial charge in [-0.05, 0) is 44.4 Å². The quantitative estimate of drug-likeness (QED) is 0.885. The molecule has 0 aromatic heterocycles. The highest BCUT2D eigenvalue weighted by Crippen LogP contribution is 2.28. The number of nitriles is 1. The molecule has 1 atom stereocenters. The number of nitrogens with one attached hydrogen (secondary N) is 1. The van der Waals surface area contributed by atoms with E-state index in [1.807, 2.05) is 19.9 Å². The molecule has 0 saturated heterocycles. The summed E-state index contributed by atoms with van der Waals surface area (Å²) in [6.07, 6.45) is 1.72. The molecule has 4 heteroatoms. The fourth-order valence-electron chi connectivity index (χ4n) is 2.52. The topological polar surface area (TPSA) is 39.1 Å². The fraction of sp³-hybridized carbons (Fsp3) is 0.533. The Balaban J connectivity index is 1.96. The van der Waals surface area contributed by atoms with Crippen LogP contribution in [0.1, 0.15) is 25.8 Å². The zero-order chi connectivity index (χ0) is 13.8. The van der Waals surface area contributed by atoms with E-state index in [2.05, 4.69) is 16.3 Å². The monoisotopic (exact) mass is 261 g/mol. The molecule has 0 radical (unpaired) electrons. The zero-order valence-corrected chi connectivity index (χ0v) is 11.5. The zero-order valence-electron chi connectivity index (χ0n) is 11.5. The molecule has 0 aliphatic carbocycles. The van der Waals surface area contributed by atoms with Crippen molar-refractivity contribution in [3.8, 4) is 6.07 Å². The van der Waals surface area contributed by atoms with Crippen molar-refractivity contribution >= 4 is 5.69 Å². The second-order valence-corrected chi connectivity index (χ2v) is 5.30. The Hall–Kier alpha value is -1.60. The Morgan fingerprint density at radius 1 is 1.47 bits per heavy atom. The van der Waals surface area contributed by atoms with E-state index in [1.165, 1.54) is 11.6 Å². The second kappa shape index (κ2) is 6.03. The number of nitrogens with zero attached hydrogens (tertiary/aromatic N) is 2. The Morgan fingerprint density at radius 3 is 2.95 bits per heavy atom. The predicted molar refractivity (Wildman–Crippen MR) is 74.6 cm³/mol. The van der Waals surface area contributed by atoms with Gasteiger partial charge in [-0.25, -0.2) is 4.39 Å². The molecule has 0 bridgehead atoms. The lowest BCUT2D eigenvalue weighted by Gasteiger charge is -2.22. The molecule has 1 N–H and O–H groups in total. The Morgan fingerprint density at radius 2 is 2.26 bits per heavy atom. The Labute approximate surface area is 114 Å². The van der Waals surface area contributed by atoms with Crippen LogP contribution in [0.15, 0.2) is 18.2 Å². The fourth-order valence-corrected chi connectivity index (χ4v) is 2.52. The van der Waals surface area contributed by atoms with Crippen molar-refractivity contribution in [1.82, 2.24) is 5.32 Å². The average Bonchev–Trinajstić information content (AvgIpc) is 2.76. The summed E-state index contributed by atoms with van der Waals surface area (Å²) in [6.45, 7) is 5.77. The van der Waals surface area contributed by atoms with Crippen molar-refractivity contribution in [3.63, 3.8) is 0 Å². The van der Waals surface area contributed by atoms with E-state index in [4.69, 9.17) is 5.26 Å². The standard InChI is InChI=1S/C15H20FN3/c1-11(2)18-14(10-17)6-8-19-7-5-12-3-4-13(16)9-15(12)19/h3-4,9,11,14,18H,5-8H2,1-2H3. The van der Waals surface area contributed by atoms with Gasteiger partial charge in [-0.15, -0.1) is 0 Å². The third-order valence-corrected chi connectivity index (χ3v) is 3.42. The molecular weight excluding hydrogens is 241 g/mol. The van der Waals surface area contributed by atoms with Gasteiger partial charge in [-0.3, -0.25) is 5.32 Å². The van der Waals surface area contributed by atoms with Gasteiger partial charge in [0.25, 0.3) is 0 Å². The number of benzene rings is 1. The van der Waals surface area contributed by atoms with Crippen LogP contribution >= 0.6 is 0 Å². The Bertz CT molecular complexity index is 479. The molecular formula is C15H20FN3. The van der Waals surface area contributed by atoms with E-state index < -0.39 is 0 Å². The van der Waals surface area contributed by atoms with Crippen molar-refractivity contribution in [2.45, 2.75) is 38.8 Å². The maximum Gasteiger partial charge on any atom is 0.125 e. The van der Waals surface area contributed by atoms with Crippen molar-refractivity contribution < 1.29 is 4.39 Å². The molecule has 1 heterocycles. The first-order valence-electron chi connectivity index (χ1n) is 6.79. The third-order valence-electron chi connectivity index (χ3n) is 3.42. The summed E-state index contributed by atoms with van der Waals surface area (Å²) in [5.74, 6) is -0.192. The van der Waals surface area contributed by atoms with Crippen LogP contribution in [0.4, 0.5) is 10.1 Å². The molecule has 1 unspecified atom stereocenters. The van der Waals surface area contributed by atoms with Crippen molar-refractivity contribution in [1.29, 1.82) is 5.26 Å². The average molecular weight is 261 g/mol. The van der Waals surface area contributed by atoms with Gasteiger partial charge in [0.1, 0.15) is 5.82 Å². The van der Waals surface area contributed by atoms with Gasteiger partial charge in [-0.1, -0.05) is 6.07 Å². The lowest BCUT2D eigenvalue weighted by atomic mass is 10.1. The second-order valence-electron chi connectivity index (χ2n) is 5.30. The summed E-state index contributed by atoms with van der Waals surface area (Å²) >= 11 is 0. The minimum atomic E-state index is -0.192. The lowest BCUT2D eigenvalue weighted by Crippen LogP contribution is -2.36. The highest BCUT2D eigenvalue weighted by Gasteiger charge is 2.20. The summed E-state index contributed by atoms with van der Waals surface area (Å²) < 4.78 is 13.3. The van der Waals surface area contributed by atoms with Crippen LogP contribution < -0.4 is 10.2 Å². The molecule has 1 aromatic carbocycles. The van der Waals surface area contributed by atoms with Gasteiger partial charge in [0.15, 0.2) is 0 Å². The first-order chi connectivity index (χ1) is 9.10. The molecule has 3 nitrogen and oxygen atoms in total. The summed E-state index contributed by atoms with van der Waals surface area (Å²) in [5, 5.41) is 12.3. The van der Waals surface area contributed by atoms with E-state index in [-0.39, 0.29) is 11.9 Å². The Kier molecular flexibility index (Phi) is 4.39. The number of hydrogen-bond donors (Lipinski definition) is 1. The maximum atomic E-state index is 13.3. The van der Waals surface area contributed by atoms with Crippen LogP contribution in [-0.4, -0.2) is 25.2 Å². The largest absolute Gasteiger partial charge is 0.371 e. The van der Waals surface area contributed by atoms with Crippen LogP contribution in [0.25, 0.3) is 0 Å². The van der Waals surface area contributed by atoms with E-state index >= 15 is 0 Å². The first kappa shape index (κ1) is 13.8. The van der Waals surface area contributed by atoms with Crippen LogP contribution in [0.2, 0.25) is 0 Å². The number of halogens is 1. The van der Waals surface area contributed by atoms with Gasteiger partial charge in [-0.2, -0.15) is 5.26 Å². The normalized spacial score (nSPS) is 15.4. The van der Waals surface area contributed by atoms with Gasteiger partial charge in [0.05, 0.1) is 12.1 Å². The van der Waals surface area contributed by atoms with E-state index in [9.17, 15) is 4.39 Å². The number of hydrogen-bond acceptors (Lipinski definition) is 3. The van der Waals surface area contributed by atoms with Gasteiger partial charge in [0.2, 0.25) is 0 Å². The molecule has 0 saturated carbocycles. The lowest BCUT2D eigenvalue weighted by molar-refractivity contribution is 0.504. The highest BCUT2D eigenvalue weighted by atomic mass is 19.1. The third kappa shape index (κ3) is 3.45. The first-order valence-corrected chi connectivity index (χ1v) is 6.79. The van der Waals surface area contributed by atoms with Crippen LogP contribution in [0, 0.1) is 17.1 Å². The summed E-state index contributed by atoms with van der Waals surface area (Å²) in [4.78, 5) is 2.17. The molecule has 102 valence electrons. The maximum absolute atomic E-state index is 13.3. The number of anilines is 1. The number of fused-ring (bicyclic) bond motifs is 1. The molecule has 2 rings (SSSR count). The number of rotatable bonds is 5. The summed E-state index contributed by atoms with van der Waals surface area (Å²) in [7, 11) is 0. The summed E-state index contributed by atoms with van der Waals surface area (Å²) in [5.41, 5.74) is 2.19. The molecule has 1 aromatic rings. The summed E-state index contributed by atoms with van der Waals surface area (Å²) in [6, 6.07) is 7.41. The highest BCUT2D eigenvalue weighted by molar-refractivity contribution is 5.58. The SMILES string of the molecule is CC(C)NC(C#N)CCN1CCc2ccc(F)cc21. The van der Waals surface area contributed by atoms with Crippen LogP contribution in [-0.2, 0) is 6.42 Å². The molecule has 1 aliphatic rings. The minimum absolute atomic E-state index is 0.141. The van der Waals surface area contributed by atoms with Crippen LogP contribution in [0.5, 0.6) is 0 Å². The predicted octanol–water partition coefficient (Wildman–Crippen LogP) is 2.47. The molecule has 1 aliphatic heterocycles. The van der Waals surface area contributed by atoms with E-state index in [0.29, 0.717) is 6.04 Å². The smallest absolute Gasteiger partial charge is 0.125 e.